The van der Waals surface area contributed by atoms with Crippen LogP contribution in [0.5, 0.6) is 0 Å². The molecular weight excluding hydrogens is 469 g/mol. The molecule has 184 valence electrons. The number of amides is 2. The third-order valence-electron chi connectivity index (χ3n) is 5.98. The molecule has 2 aromatic heterocycles. The predicted octanol–water partition coefficient (Wildman–Crippen LogP) is 6.37. The van der Waals surface area contributed by atoms with Crippen LogP contribution in [0.15, 0.2) is 102 Å². The van der Waals surface area contributed by atoms with Crippen LogP contribution in [0.4, 0.5) is 10.1 Å². The minimum Gasteiger partial charge on any atom is -0.449 e. The van der Waals surface area contributed by atoms with E-state index >= 15 is 0 Å². The summed E-state index contributed by atoms with van der Waals surface area (Å²) < 4.78 is 19.5. The van der Waals surface area contributed by atoms with Gasteiger partial charge in [0.25, 0.3) is 11.8 Å². The van der Waals surface area contributed by atoms with Crippen molar-refractivity contribution in [2.75, 3.05) is 5.32 Å². The third kappa shape index (κ3) is 5.41. The summed E-state index contributed by atoms with van der Waals surface area (Å²) >= 11 is 0. The van der Waals surface area contributed by atoms with E-state index in [9.17, 15) is 14.0 Å². The van der Waals surface area contributed by atoms with E-state index < -0.39 is 5.91 Å². The van der Waals surface area contributed by atoms with Crippen molar-refractivity contribution in [1.82, 2.24) is 9.88 Å². The van der Waals surface area contributed by atoms with Crippen LogP contribution in [-0.2, 0) is 13.1 Å². The zero-order valence-corrected chi connectivity index (χ0v) is 20.1. The maximum atomic E-state index is 14.0. The Morgan fingerprint density at radius 2 is 1.70 bits per heavy atom. The molecule has 0 unspecified atom stereocenters. The second-order valence-corrected chi connectivity index (χ2v) is 8.77. The van der Waals surface area contributed by atoms with Crippen LogP contribution < -0.4 is 5.32 Å². The Kier molecular flexibility index (Phi) is 6.76. The highest BCUT2D eigenvalue weighted by Gasteiger charge is 2.27. The van der Waals surface area contributed by atoms with Gasteiger partial charge in [-0.05, 0) is 60.5 Å². The van der Waals surface area contributed by atoms with Crippen LogP contribution in [0.2, 0.25) is 0 Å². The number of nitrogens with zero attached hydrogens (tertiary/aromatic N) is 2. The van der Waals surface area contributed by atoms with Crippen LogP contribution in [0.25, 0.3) is 11.0 Å². The fourth-order valence-corrected chi connectivity index (χ4v) is 4.16. The number of carbonyl (C=O) groups excluding carboxylic acids is 2. The van der Waals surface area contributed by atoms with Gasteiger partial charge >= 0.3 is 0 Å². The van der Waals surface area contributed by atoms with Crippen molar-refractivity contribution in [3.63, 3.8) is 0 Å². The van der Waals surface area contributed by atoms with E-state index in [0.717, 1.165) is 16.7 Å². The van der Waals surface area contributed by atoms with Crippen molar-refractivity contribution in [3.05, 3.63) is 131 Å². The van der Waals surface area contributed by atoms with Crippen LogP contribution in [0.3, 0.4) is 0 Å². The Bertz CT molecular complexity index is 1560. The molecule has 0 radical (unpaired) electrons. The number of fused-ring (bicyclic) bond motifs is 1. The first-order valence-corrected chi connectivity index (χ1v) is 11.8. The molecular formula is C30H24FN3O3. The van der Waals surface area contributed by atoms with Gasteiger partial charge < -0.3 is 14.6 Å². The molecule has 2 heterocycles. The lowest BCUT2D eigenvalue weighted by Crippen LogP contribution is -2.30. The molecule has 5 rings (SSSR count). The molecule has 0 spiro atoms. The lowest BCUT2D eigenvalue weighted by molar-refractivity contribution is 0.0701. The summed E-state index contributed by atoms with van der Waals surface area (Å²) in [6.07, 6.45) is 3.35. The summed E-state index contributed by atoms with van der Waals surface area (Å²) in [7, 11) is 0. The van der Waals surface area contributed by atoms with Gasteiger partial charge in [0.05, 0.1) is 0 Å². The van der Waals surface area contributed by atoms with E-state index in [1.165, 1.54) is 12.1 Å². The first-order valence-electron chi connectivity index (χ1n) is 11.8. The first kappa shape index (κ1) is 23.9. The standard InChI is InChI=1S/C30H24FN3O3/c1-20-6-4-8-23(16-20)29(35)33-27-25-9-2-3-10-26(25)37-28(27)30(36)34(19-22-7-5-15-32-17-22)18-21-11-13-24(31)14-12-21/h2-17H,18-19H2,1H3,(H,33,35). The summed E-state index contributed by atoms with van der Waals surface area (Å²) in [4.78, 5) is 32.9. The Hall–Kier alpha value is -4.78. The number of nitrogens with one attached hydrogen (secondary N) is 1. The van der Waals surface area contributed by atoms with Crippen molar-refractivity contribution in [2.45, 2.75) is 20.0 Å². The van der Waals surface area contributed by atoms with Crippen molar-refractivity contribution >= 4 is 28.5 Å². The topological polar surface area (TPSA) is 75.4 Å². The molecule has 0 saturated carbocycles. The van der Waals surface area contributed by atoms with Gasteiger partial charge in [-0.15, -0.1) is 0 Å². The minimum absolute atomic E-state index is 0.0215. The SMILES string of the molecule is Cc1cccc(C(=O)Nc2c(C(=O)N(Cc3ccc(F)cc3)Cc3cccnc3)oc3ccccc23)c1. The number of aryl methyl sites for hydroxylation is 1. The number of rotatable bonds is 7. The maximum absolute atomic E-state index is 14.0. The van der Waals surface area contributed by atoms with Crippen molar-refractivity contribution in [2.24, 2.45) is 0 Å². The number of hydrogen-bond acceptors (Lipinski definition) is 4. The average Bonchev–Trinajstić information content (AvgIpc) is 3.28. The van der Waals surface area contributed by atoms with Gasteiger partial charge in [0.2, 0.25) is 5.76 Å². The molecule has 6 nitrogen and oxygen atoms in total. The number of anilines is 1. The van der Waals surface area contributed by atoms with E-state index in [1.54, 1.807) is 65.8 Å². The van der Waals surface area contributed by atoms with Gasteiger partial charge in [-0.2, -0.15) is 0 Å². The molecule has 0 atom stereocenters. The highest BCUT2D eigenvalue weighted by atomic mass is 19.1. The van der Waals surface area contributed by atoms with E-state index in [1.807, 2.05) is 31.2 Å². The van der Waals surface area contributed by atoms with E-state index in [2.05, 4.69) is 10.3 Å². The molecule has 0 aliphatic heterocycles. The largest absolute Gasteiger partial charge is 0.449 e. The van der Waals surface area contributed by atoms with Crippen molar-refractivity contribution in [1.29, 1.82) is 0 Å². The number of para-hydroxylation sites is 1. The lowest BCUT2D eigenvalue weighted by Gasteiger charge is -2.22. The van der Waals surface area contributed by atoms with Crippen molar-refractivity contribution < 1.29 is 18.4 Å². The average molecular weight is 494 g/mol. The van der Waals surface area contributed by atoms with Crippen LogP contribution >= 0.6 is 0 Å². The summed E-state index contributed by atoms with van der Waals surface area (Å²) in [6, 6.07) is 24.0. The summed E-state index contributed by atoms with van der Waals surface area (Å²) in [5, 5.41) is 3.53. The van der Waals surface area contributed by atoms with Crippen LogP contribution in [-0.4, -0.2) is 21.7 Å². The molecule has 7 heteroatoms. The Morgan fingerprint density at radius 3 is 2.46 bits per heavy atom. The first-order chi connectivity index (χ1) is 18.0. The van der Waals surface area contributed by atoms with Gasteiger partial charge in [-0.3, -0.25) is 14.6 Å². The molecule has 3 aromatic carbocycles. The minimum atomic E-state index is -0.413. The number of furan rings is 1. The highest BCUT2D eigenvalue weighted by Crippen LogP contribution is 2.33. The predicted molar refractivity (Wildman–Crippen MR) is 140 cm³/mol. The number of pyridine rings is 1. The maximum Gasteiger partial charge on any atom is 0.292 e. The zero-order valence-electron chi connectivity index (χ0n) is 20.1. The molecule has 0 bridgehead atoms. The number of aromatic nitrogens is 1. The summed E-state index contributed by atoms with van der Waals surface area (Å²) in [5.74, 6) is -1.09. The molecule has 37 heavy (non-hydrogen) atoms. The van der Waals surface area contributed by atoms with Crippen LogP contribution in [0.1, 0.15) is 37.6 Å². The summed E-state index contributed by atoms with van der Waals surface area (Å²) in [5.41, 5.74) is 3.78. The van der Waals surface area contributed by atoms with Crippen molar-refractivity contribution in [3.8, 4) is 0 Å². The van der Waals surface area contributed by atoms with Crippen LogP contribution in [0, 0.1) is 12.7 Å². The molecule has 1 N–H and O–H groups in total. The number of halogens is 1. The normalized spacial score (nSPS) is 10.9. The molecule has 0 saturated heterocycles. The Morgan fingerprint density at radius 1 is 0.919 bits per heavy atom. The third-order valence-corrected chi connectivity index (χ3v) is 5.98. The molecule has 2 amide bonds. The second kappa shape index (κ2) is 10.5. The summed E-state index contributed by atoms with van der Waals surface area (Å²) in [6.45, 7) is 2.35. The molecule has 0 fully saturated rings. The lowest BCUT2D eigenvalue weighted by atomic mass is 10.1. The fraction of sp³-hybridized carbons (Fsp3) is 0.100. The quantitative estimate of drug-likeness (QED) is 0.286. The van der Waals surface area contributed by atoms with E-state index in [-0.39, 0.29) is 30.6 Å². The van der Waals surface area contributed by atoms with Gasteiger partial charge in [-0.25, -0.2) is 4.39 Å². The van der Waals surface area contributed by atoms with E-state index in [0.29, 0.717) is 22.2 Å². The number of hydrogen-bond donors (Lipinski definition) is 1. The van der Waals surface area contributed by atoms with Gasteiger partial charge in [0, 0.05) is 36.4 Å². The number of carbonyl (C=O) groups is 2. The Balaban J connectivity index is 1.53. The Labute approximate surface area is 213 Å². The van der Waals surface area contributed by atoms with Gasteiger partial charge in [-0.1, -0.05) is 48.0 Å². The van der Waals surface area contributed by atoms with Gasteiger partial charge in [0.15, 0.2) is 0 Å². The number of benzene rings is 3. The molecule has 0 aliphatic rings. The zero-order chi connectivity index (χ0) is 25.8. The fourth-order valence-electron chi connectivity index (χ4n) is 4.16. The van der Waals surface area contributed by atoms with Gasteiger partial charge in [0.1, 0.15) is 17.1 Å². The smallest absolute Gasteiger partial charge is 0.292 e. The molecule has 0 aliphatic carbocycles. The molecule has 5 aromatic rings. The van der Waals surface area contributed by atoms with E-state index in [4.69, 9.17) is 4.42 Å². The monoisotopic (exact) mass is 493 g/mol. The highest BCUT2D eigenvalue weighted by molar-refractivity contribution is 6.14. The second-order valence-electron chi connectivity index (χ2n) is 8.77.